The lowest BCUT2D eigenvalue weighted by molar-refractivity contribution is -0.216. The van der Waals surface area contributed by atoms with E-state index in [1.807, 2.05) is 20.8 Å². The van der Waals surface area contributed by atoms with Gasteiger partial charge in [0, 0.05) is 6.04 Å². The highest BCUT2D eigenvalue weighted by Gasteiger charge is 2.37. The molecule has 0 aliphatic carbocycles. The van der Waals surface area contributed by atoms with Gasteiger partial charge in [-0.3, -0.25) is 0 Å². The Balaban J connectivity index is 4.11. The van der Waals surface area contributed by atoms with Gasteiger partial charge in [-0.15, -0.1) is 0 Å². The number of ether oxygens (including phenoxy) is 1. The Hall–Kier alpha value is -0.290. The number of rotatable bonds is 7. The van der Waals surface area contributed by atoms with E-state index < -0.39 is 12.3 Å². The average Bonchev–Trinajstić information content (AvgIpc) is 2.21. The number of nitrogens with one attached hydrogen (secondary N) is 1. The van der Waals surface area contributed by atoms with Crippen molar-refractivity contribution in [3.05, 3.63) is 0 Å². The van der Waals surface area contributed by atoms with Crippen LogP contribution < -0.4 is 5.32 Å². The molecule has 0 aromatic rings. The van der Waals surface area contributed by atoms with Gasteiger partial charge in [-0.2, -0.15) is 13.2 Å². The molecule has 0 amide bonds. The van der Waals surface area contributed by atoms with Crippen LogP contribution in [0, 0.1) is 5.92 Å². The van der Waals surface area contributed by atoms with Gasteiger partial charge in [0.05, 0.1) is 6.61 Å². The van der Waals surface area contributed by atoms with E-state index in [1.54, 1.807) is 0 Å². The zero-order valence-electron chi connectivity index (χ0n) is 10.4. The number of hydrogen-bond donors (Lipinski definition) is 1. The standard InChI is InChI=1S/C11H22F3NO/c1-5-8(3)10(15-6-2)7-16-9(4)11(12,13)14/h8-10,15H,5-7H2,1-4H3. The highest BCUT2D eigenvalue weighted by molar-refractivity contribution is 4.73. The lowest BCUT2D eigenvalue weighted by Gasteiger charge is -2.26. The van der Waals surface area contributed by atoms with Crippen molar-refractivity contribution >= 4 is 0 Å². The largest absolute Gasteiger partial charge is 0.414 e. The van der Waals surface area contributed by atoms with Crippen molar-refractivity contribution in [1.29, 1.82) is 0 Å². The molecule has 0 fully saturated rings. The van der Waals surface area contributed by atoms with Gasteiger partial charge in [-0.1, -0.05) is 27.2 Å². The third-order valence-corrected chi connectivity index (χ3v) is 2.78. The Kier molecular flexibility index (Phi) is 6.99. The van der Waals surface area contributed by atoms with Crippen LogP contribution in [0.4, 0.5) is 13.2 Å². The van der Waals surface area contributed by atoms with E-state index in [-0.39, 0.29) is 12.6 Å². The highest BCUT2D eigenvalue weighted by atomic mass is 19.4. The Morgan fingerprint density at radius 1 is 1.19 bits per heavy atom. The van der Waals surface area contributed by atoms with Gasteiger partial charge in [0.1, 0.15) is 0 Å². The maximum atomic E-state index is 12.2. The van der Waals surface area contributed by atoms with Crippen molar-refractivity contribution in [1.82, 2.24) is 5.32 Å². The molecule has 0 aliphatic rings. The van der Waals surface area contributed by atoms with Crippen molar-refractivity contribution in [2.45, 2.75) is 52.4 Å². The van der Waals surface area contributed by atoms with E-state index in [9.17, 15) is 13.2 Å². The first-order chi connectivity index (χ1) is 7.32. The van der Waals surface area contributed by atoms with Crippen LogP contribution in [0.2, 0.25) is 0 Å². The number of hydrogen-bond acceptors (Lipinski definition) is 2. The summed E-state index contributed by atoms with van der Waals surface area (Å²) >= 11 is 0. The van der Waals surface area contributed by atoms with Crippen LogP contribution in [0.15, 0.2) is 0 Å². The predicted molar refractivity (Wildman–Crippen MR) is 58.4 cm³/mol. The molecule has 16 heavy (non-hydrogen) atoms. The molecule has 0 aromatic heterocycles. The second-order valence-corrected chi connectivity index (χ2v) is 4.07. The summed E-state index contributed by atoms with van der Waals surface area (Å²) < 4.78 is 41.5. The lowest BCUT2D eigenvalue weighted by atomic mass is 10.00. The number of alkyl halides is 3. The molecule has 2 nitrogen and oxygen atoms in total. The number of halogens is 3. The fourth-order valence-electron chi connectivity index (χ4n) is 1.31. The predicted octanol–water partition coefficient (Wildman–Crippen LogP) is 2.98. The summed E-state index contributed by atoms with van der Waals surface area (Å²) in [6.07, 6.45) is -5.05. The maximum Gasteiger partial charge on any atom is 0.414 e. The van der Waals surface area contributed by atoms with Crippen LogP contribution in [0.5, 0.6) is 0 Å². The summed E-state index contributed by atoms with van der Waals surface area (Å²) in [5, 5.41) is 3.15. The van der Waals surface area contributed by atoms with Gasteiger partial charge < -0.3 is 10.1 Å². The van der Waals surface area contributed by atoms with Crippen LogP contribution in [0.3, 0.4) is 0 Å². The molecule has 0 spiro atoms. The van der Waals surface area contributed by atoms with E-state index in [0.29, 0.717) is 5.92 Å². The van der Waals surface area contributed by atoms with Crippen molar-refractivity contribution in [3.63, 3.8) is 0 Å². The van der Waals surface area contributed by atoms with Crippen LogP contribution >= 0.6 is 0 Å². The molecule has 0 bridgehead atoms. The lowest BCUT2D eigenvalue weighted by Crippen LogP contribution is -2.41. The van der Waals surface area contributed by atoms with E-state index in [1.165, 1.54) is 0 Å². The molecule has 0 aliphatic heterocycles. The monoisotopic (exact) mass is 241 g/mol. The molecule has 0 aromatic carbocycles. The van der Waals surface area contributed by atoms with Gasteiger partial charge in [0.25, 0.3) is 0 Å². The molecule has 0 radical (unpaired) electrons. The topological polar surface area (TPSA) is 21.3 Å². The second-order valence-electron chi connectivity index (χ2n) is 4.07. The van der Waals surface area contributed by atoms with Gasteiger partial charge in [-0.25, -0.2) is 0 Å². The van der Waals surface area contributed by atoms with Crippen molar-refractivity contribution in [2.24, 2.45) is 5.92 Å². The SMILES string of the molecule is CCNC(COC(C)C(F)(F)F)C(C)CC. The Morgan fingerprint density at radius 3 is 2.12 bits per heavy atom. The second kappa shape index (κ2) is 7.12. The molecule has 1 N–H and O–H groups in total. The van der Waals surface area contributed by atoms with Gasteiger partial charge >= 0.3 is 6.18 Å². The minimum Gasteiger partial charge on any atom is -0.367 e. The van der Waals surface area contributed by atoms with E-state index in [2.05, 4.69) is 5.32 Å². The van der Waals surface area contributed by atoms with Crippen LogP contribution in [0.25, 0.3) is 0 Å². The molecule has 0 rings (SSSR count). The van der Waals surface area contributed by atoms with Crippen molar-refractivity contribution in [3.8, 4) is 0 Å². The van der Waals surface area contributed by atoms with Crippen LogP contribution in [-0.4, -0.2) is 31.5 Å². The summed E-state index contributed by atoms with van der Waals surface area (Å²) in [7, 11) is 0. The van der Waals surface area contributed by atoms with Crippen molar-refractivity contribution < 1.29 is 17.9 Å². The first-order valence-electron chi connectivity index (χ1n) is 5.74. The maximum absolute atomic E-state index is 12.2. The Labute approximate surface area is 95.5 Å². The fourth-order valence-corrected chi connectivity index (χ4v) is 1.31. The summed E-state index contributed by atoms with van der Waals surface area (Å²) in [5.41, 5.74) is 0. The first-order valence-corrected chi connectivity index (χ1v) is 5.74. The fraction of sp³-hybridized carbons (Fsp3) is 1.00. The van der Waals surface area contributed by atoms with E-state index in [4.69, 9.17) is 4.74 Å². The van der Waals surface area contributed by atoms with E-state index >= 15 is 0 Å². The van der Waals surface area contributed by atoms with Gasteiger partial charge in [0.15, 0.2) is 6.10 Å². The van der Waals surface area contributed by atoms with Gasteiger partial charge in [-0.05, 0) is 19.4 Å². The Bertz CT molecular complexity index is 185. The summed E-state index contributed by atoms with van der Waals surface area (Å²) in [5.74, 6) is 0.306. The molecule has 0 heterocycles. The molecule has 5 heteroatoms. The third-order valence-electron chi connectivity index (χ3n) is 2.78. The minimum atomic E-state index is -4.27. The third kappa shape index (κ3) is 5.70. The minimum absolute atomic E-state index is 0.0141. The highest BCUT2D eigenvalue weighted by Crippen LogP contribution is 2.22. The normalized spacial score (nSPS) is 18.2. The summed E-state index contributed by atoms with van der Waals surface area (Å²) in [6, 6.07) is -0.0141. The molecule has 98 valence electrons. The first kappa shape index (κ1) is 15.7. The zero-order chi connectivity index (χ0) is 12.8. The molecular formula is C11H22F3NO. The summed E-state index contributed by atoms with van der Waals surface area (Å²) in [4.78, 5) is 0. The smallest absolute Gasteiger partial charge is 0.367 e. The Morgan fingerprint density at radius 2 is 1.75 bits per heavy atom. The molecule has 3 unspecified atom stereocenters. The summed E-state index contributed by atoms with van der Waals surface area (Å²) in [6.45, 7) is 7.83. The van der Waals surface area contributed by atoms with Gasteiger partial charge in [0.2, 0.25) is 0 Å². The molecule has 0 saturated heterocycles. The molecular weight excluding hydrogens is 219 g/mol. The zero-order valence-corrected chi connectivity index (χ0v) is 10.4. The number of likely N-dealkylation sites (N-methyl/N-ethyl adjacent to an activating group) is 1. The molecule has 3 atom stereocenters. The quantitative estimate of drug-likeness (QED) is 0.740. The average molecular weight is 241 g/mol. The van der Waals surface area contributed by atoms with Crippen LogP contribution in [-0.2, 0) is 4.74 Å². The molecule has 0 saturated carbocycles. The van der Waals surface area contributed by atoms with E-state index in [0.717, 1.165) is 19.9 Å². The van der Waals surface area contributed by atoms with Crippen LogP contribution in [0.1, 0.15) is 34.1 Å². The van der Waals surface area contributed by atoms with Crippen molar-refractivity contribution in [2.75, 3.05) is 13.2 Å².